The molecule has 3 atom stereocenters. The largest absolute Gasteiger partial charge is 0.481 e. The summed E-state index contributed by atoms with van der Waals surface area (Å²) in [4.78, 5) is 23.4. The van der Waals surface area contributed by atoms with Crippen LogP contribution in [0.4, 0.5) is 0 Å². The minimum atomic E-state index is -0.865. The maximum Gasteiger partial charge on any atom is 0.307 e. The number of aromatic nitrogens is 2. The van der Waals surface area contributed by atoms with Crippen molar-refractivity contribution >= 4 is 11.9 Å². The van der Waals surface area contributed by atoms with E-state index in [1.54, 1.807) is 12.4 Å². The molecule has 2 rings (SSSR count). The summed E-state index contributed by atoms with van der Waals surface area (Å²) in [6.45, 7) is 1.86. The first kappa shape index (κ1) is 13.6. The minimum absolute atomic E-state index is 0.164. The normalized spacial score (nSPS) is 24.7. The van der Waals surface area contributed by atoms with Crippen LogP contribution < -0.4 is 5.32 Å². The van der Waals surface area contributed by atoms with Crippen molar-refractivity contribution in [2.75, 3.05) is 0 Å². The highest BCUT2D eigenvalue weighted by atomic mass is 16.4. The monoisotopic (exact) mass is 265 g/mol. The Morgan fingerprint density at radius 2 is 2.11 bits per heavy atom. The molecule has 1 aliphatic rings. The van der Waals surface area contributed by atoms with Crippen LogP contribution in [0.2, 0.25) is 0 Å². The number of aliphatic carboxylic acids is 1. The van der Waals surface area contributed by atoms with Gasteiger partial charge in [-0.15, -0.1) is 0 Å². The molecule has 0 radical (unpaired) electrons. The summed E-state index contributed by atoms with van der Waals surface area (Å²) in [5.41, 5.74) is 0.885. The molecule has 0 aromatic carbocycles. The Hall–Kier alpha value is -1.85. The SMILES string of the molecule is CC(NC(=O)C1CCCCC1C(=O)O)c1cn[nH]c1. The summed E-state index contributed by atoms with van der Waals surface area (Å²) < 4.78 is 0. The van der Waals surface area contributed by atoms with Crippen LogP contribution in [0, 0.1) is 11.8 Å². The number of nitrogens with one attached hydrogen (secondary N) is 2. The van der Waals surface area contributed by atoms with Gasteiger partial charge in [0, 0.05) is 11.8 Å². The third-order valence-electron chi connectivity index (χ3n) is 3.80. The molecule has 3 unspecified atom stereocenters. The number of carbonyl (C=O) groups is 2. The van der Waals surface area contributed by atoms with Gasteiger partial charge in [-0.2, -0.15) is 5.10 Å². The Morgan fingerprint density at radius 3 is 2.68 bits per heavy atom. The van der Waals surface area contributed by atoms with Crippen LogP contribution in [-0.2, 0) is 9.59 Å². The van der Waals surface area contributed by atoms with Gasteiger partial charge in [0.2, 0.25) is 5.91 Å². The molecule has 0 spiro atoms. The standard InChI is InChI=1S/C13H19N3O3/c1-8(9-6-14-15-7-9)16-12(17)10-4-2-3-5-11(10)13(18)19/h6-8,10-11H,2-5H2,1H3,(H,14,15)(H,16,17)(H,18,19). The molecular formula is C13H19N3O3. The zero-order chi connectivity index (χ0) is 13.8. The summed E-state index contributed by atoms with van der Waals surface area (Å²) in [5.74, 6) is -2.00. The molecule has 3 N–H and O–H groups in total. The van der Waals surface area contributed by atoms with E-state index >= 15 is 0 Å². The van der Waals surface area contributed by atoms with Gasteiger partial charge in [-0.3, -0.25) is 14.7 Å². The first-order chi connectivity index (χ1) is 9.09. The van der Waals surface area contributed by atoms with Crippen molar-refractivity contribution < 1.29 is 14.7 Å². The third-order valence-corrected chi connectivity index (χ3v) is 3.80. The first-order valence-electron chi connectivity index (χ1n) is 6.61. The lowest BCUT2D eigenvalue weighted by atomic mass is 9.78. The molecule has 1 aromatic rings. The molecule has 1 amide bonds. The van der Waals surface area contributed by atoms with Gasteiger partial charge in [-0.05, 0) is 19.8 Å². The molecule has 1 aromatic heterocycles. The van der Waals surface area contributed by atoms with Crippen molar-refractivity contribution in [3.8, 4) is 0 Å². The Bertz CT molecular complexity index is 444. The zero-order valence-electron chi connectivity index (χ0n) is 10.9. The highest BCUT2D eigenvalue weighted by molar-refractivity contribution is 5.85. The van der Waals surface area contributed by atoms with Crippen LogP contribution in [-0.4, -0.2) is 27.2 Å². The fourth-order valence-electron chi connectivity index (χ4n) is 2.64. The van der Waals surface area contributed by atoms with E-state index in [0.29, 0.717) is 12.8 Å². The predicted octanol–water partition coefficient (Wildman–Crippen LogP) is 1.48. The van der Waals surface area contributed by atoms with Gasteiger partial charge in [-0.1, -0.05) is 12.8 Å². The number of carboxylic acid groups (broad SMARTS) is 1. The molecule has 1 saturated carbocycles. The van der Waals surface area contributed by atoms with Crippen LogP contribution >= 0.6 is 0 Å². The molecule has 104 valence electrons. The highest BCUT2D eigenvalue weighted by Gasteiger charge is 2.36. The van der Waals surface area contributed by atoms with Crippen molar-refractivity contribution in [1.29, 1.82) is 0 Å². The van der Waals surface area contributed by atoms with Crippen molar-refractivity contribution in [3.05, 3.63) is 18.0 Å². The minimum Gasteiger partial charge on any atom is -0.481 e. The van der Waals surface area contributed by atoms with Gasteiger partial charge in [-0.25, -0.2) is 0 Å². The third kappa shape index (κ3) is 3.13. The van der Waals surface area contributed by atoms with Gasteiger partial charge in [0.05, 0.1) is 24.1 Å². The first-order valence-corrected chi connectivity index (χ1v) is 6.61. The number of nitrogens with zero attached hydrogens (tertiary/aromatic N) is 1. The maximum atomic E-state index is 12.2. The predicted molar refractivity (Wildman–Crippen MR) is 68.2 cm³/mol. The molecule has 6 heteroatoms. The summed E-state index contributed by atoms with van der Waals surface area (Å²) in [7, 11) is 0. The lowest BCUT2D eigenvalue weighted by Crippen LogP contribution is -2.40. The van der Waals surface area contributed by atoms with Gasteiger partial charge in [0.25, 0.3) is 0 Å². The number of hydrogen-bond donors (Lipinski definition) is 3. The van der Waals surface area contributed by atoms with Crippen molar-refractivity contribution in [2.24, 2.45) is 11.8 Å². The second kappa shape index (κ2) is 5.86. The van der Waals surface area contributed by atoms with Crippen LogP contribution in [0.1, 0.15) is 44.2 Å². The smallest absolute Gasteiger partial charge is 0.307 e. The van der Waals surface area contributed by atoms with Crippen LogP contribution in [0.3, 0.4) is 0 Å². The topological polar surface area (TPSA) is 95.1 Å². The van der Waals surface area contributed by atoms with Crippen LogP contribution in [0.25, 0.3) is 0 Å². The summed E-state index contributed by atoms with van der Waals surface area (Å²) in [5, 5.41) is 18.6. The van der Waals surface area contributed by atoms with Gasteiger partial charge in [0.1, 0.15) is 0 Å². The fraction of sp³-hybridized carbons (Fsp3) is 0.615. The molecule has 0 aliphatic heterocycles. The van der Waals surface area contributed by atoms with E-state index in [4.69, 9.17) is 0 Å². The van der Waals surface area contributed by atoms with Gasteiger partial charge in [0.15, 0.2) is 0 Å². The number of carboxylic acids is 1. The number of hydrogen-bond acceptors (Lipinski definition) is 3. The van der Waals surface area contributed by atoms with E-state index in [1.165, 1.54) is 0 Å². The maximum absolute atomic E-state index is 12.2. The van der Waals surface area contributed by atoms with E-state index in [2.05, 4.69) is 15.5 Å². The van der Waals surface area contributed by atoms with E-state index in [0.717, 1.165) is 18.4 Å². The highest BCUT2D eigenvalue weighted by Crippen LogP contribution is 2.31. The van der Waals surface area contributed by atoms with Crippen molar-refractivity contribution in [2.45, 2.75) is 38.6 Å². The summed E-state index contributed by atoms with van der Waals surface area (Å²) in [6.07, 6.45) is 6.43. The van der Waals surface area contributed by atoms with Crippen LogP contribution in [0.5, 0.6) is 0 Å². The fourth-order valence-corrected chi connectivity index (χ4v) is 2.64. The Kier molecular flexibility index (Phi) is 4.19. The average molecular weight is 265 g/mol. The summed E-state index contributed by atoms with van der Waals surface area (Å²) in [6, 6.07) is -0.164. The Morgan fingerprint density at radius 1 is 1.42 bits per heavy atom. The summed E-state index contributed by atoms with van der Waals surface area (Å²) >= 11 is 0. The Balaban J connectivity index is 2.00. The number of aromatic amines is 1. The molecule has 19 heavy (non-hydrogen) atoms. The number of amides is 1. The molecule has 1 aliphatic carbocycles. The average Bonchev–Trinajstić information content (AvgIpc) is 2.92. The van der Waals surface area contributed by atoms with E-state index < -0.39 is 17.8 Å². The molecule has 1 fully saturated rings. The molecule has 0 saturated heterocycles. The number of rotatable bonds is 4. The number of H-pyrrole nitrogens is 1. The molecule has 6 nitrogen and oxygen atoms in total. The molecular weight excluding hydrogens is 246 g/mol. The lowest BCUT2D eigenvalue weighted by molar-refractivity contribution is -0.149. The van der Waals surface area contributed by atoms with Crippen molar-refractivity contribution in [3.63, 3.8) is 0 Å². The van der Waals surface area contributed by atoms with E-state index in [-0.39, 0.29) is 11.9 Å². The zero-order valence-corrected chi connectivity index (χ0v) is 10.9. The Labute approximate surface area is 111 Å². The van der Waals surface area contributed by atoms with Gasteiger partial charge < -0.3 is 10.4 Å². The van der Waals surface area contributed by atoms with Crippen LogP contribution in [0.15, 0.2) is 12.4 Å². The second-order valence-electron chi connectivity index (χ2n) is 5.10. The lowest BCUT2D eigenvalue weighted by Gasteiger charge is -2.28. The quantitative estimate of drug-likeness (QED) is 0.768. The van der Waals surface area contributed by atoms with Gasteiger partial charge >= 0.3 is 5.97 Å². The number of carbonyl (C=O) groups excluding carboxylic acids is 1. The molecule has 1 heterocycles. The molecule has 0 bridgehead atoms. The second-order valence-corrected chi connectivity index (χ2v) is 5.10. The van der Waals surface area contributed by atoms with E-state index in [1.807, 2.05) is 6.92 Å². The van der Waals surface area contributed by atoms with E-state index in [9.17, 15) is 14.7 Å². The van der Waals surface area contributed by atoms with Crippen molar-refractivity contribution in [1.82, 2.24) is 15.5 Å².